The second-order valence-corrected chi connectivity index (χ2v) is 17.3. The van der Waals surface area contributed by atoms with Crippen molar-refractivity contribution in [3.8, 4) is 73.0 Å². The zero-order chi connectivity index (χ0) is 44.3. The Morgan fingerprint density at radius 3 is 1.63 bits per heavy atom. The molecule has 13 aromatic rings. The van der Waals surface area contributed by atoms with Crippen LogP contribution in [0.25, 0.3) is 127 Å². The fourth-order valence-electron chi connectivity index (χ4n) is 10.2. The molecule has 0 N–H and O–H groups in total. The monoisotopic (exact) mass is 851 g/mol. The van der Waals surface area contributed by atoms with Gasteiger partial charge >= 0.3 is 0 Å². The SMILES string of the molecule is c1ccc(-c2ccc(-c3nc(-c4ccc(-c5c6ccccc6cc6c5ccc5ccccc56)cc4)cc(-c4ccccc4-c4ccc5c6ccccc6n(-c6ccccc6)c5c4)n3)cc2)cc1. The molecule has 0 radical (unpaired) electrons. The Balaban J connectivity index is 0.970. The van der Waals surface area contributed by atoms with Crippen molar-refractivity contribution in [3.05, 3.63) is 249 Å². The van der Waals surface area contributed by atoms with Crippen molar-refractivity contribution in [1.82, 2.24) is 14.5 Å². The molecule has 0 unspecified atom stereocenters. The first-order valence-electron chi connectivity index (χ1n) is 22.9. The second-order valence-electron chi connectivity index (χ2n) is 17.3. The molecule has 0 fully saturated rings. The first kappa shape index (κ1) is 38.5. The summed E-state index contributed by atoms with van der Waals surface area (Å²) in [6, 6.07) is 89.4. The number of benzene rings is 11. The maximum Gasteiger partial charge on any atom is 0.160 e. The van der Waals surface area contributed by atoms with Gasteiger partial charge in [-0.15, -0.1) is 0 Å². The van der Waals surface area contributed by atoms with Gasteiger partial charge in [0, 0.05) is 33.2 Å². The van der Waals surface area contributed by atoms with Crippen LogP contribution in [0.3, 0.4) is 0 Å². The van der Waals surface area contributed by atoms with Gasteiger partial charge in [-0.25, -0.2) is 9.97 Å². The largest absolute Gasteiger partial charge is 0.309 e. The molecule has 67 heavy (non-hydrogen) atoms. The summed E-state index contributed by atoms with van der Waals surface area (Å²) in [5.41, 5.74) is 15.2. The van der Waals surface area contributed by atoms with Crippen LogP contribution in [0.4, 0.5) is 0 Å². The van der Waals surface area contributed by atoms with Crippen molar-refractivity contribution in [2.45, 2.75) is 0 Å². The van der Waals surface area contributed by atoms with Gasteiger partial charge in [-0.3, -0.25) is 0 Å². The third kappa shape index (κ3) is 6.67. The Morgan fingerprint density at radius 1 is 0.269 bits per heavy atom. The Labute approximate surface area is 388 Å². The van der Waals surface area contributed by atoms with Crippen LogP contribution in [0.1, 0.15) is 0 Å². The molecule has 0 atom stereocenters. The molecule has 0 aliphatic heterocycles. The first-order valence-corrected chi connectivity index (χ1v) is 22.9. The van der Waals surface area contributed by atoms with E-state index in [0.717, 1.165) is 56.0 Å². The maximum atomic E-state index is 5.39. The van der Waals surface area contributed by atoms with Gasteiger partial charge in [0.1, 0.15) is 0 Å². The lowest BCUT2D eigenvalue weighted by atomic mass is 9.89. The molecule has 3 heteroatoms. The molecule has 0 saturated carbocycles. The summed E-state index contributed by atoms with van der Waals surface area (Å²) in [5, 5.41) is 9.94. The Bertz CT molecular complexity index is 4000. The van der Waals surface area contributed by atoms with E-state index in [1.54, 1.807) is 0 Å². The number of fused-ring (bicyclic) bond motifs is 7. The molecule has 0 aliphatic carbocycles. The molecule has 312 valence electrons. The Morgan fingerprint density at radius 2 is 0.821 bits per heavy atom. The summed E-state index contributed by atoms with van der Waals surface area (Å²) < 4.78 is 2.38. The van der Waals surface area contributed by atoms with E-state index in [9.17, 15) is 0 Å². The number of hydrogen-bond donors (Lipinski definition) is 0. The molecule has 0 amide bonds. The van der Waals surface area contributed by atoms with Gasteiger partial charge in [0.25, 0.3) is 0 Å². The standard InChI is InChI=1S/C64H41N3/c1-3-15-42(16-4-1)43-27-33-47(34-28-43)64-65-59(45-29-31-46(32-30-45)63-53-23-10-8-18-48(53)39-58-51-21-9-7-17-44(51)35-38-57(58)63)41-60(66-64)54-24-12-11-22-52(54)49-36-37-56-55-25-13-14-26-61(55)67(62(56)40-49)50-19-5-2-6-20-50/h1-41H. The molecule has 13 rings (SSSR count). The predicted octanol–water partition coefficient (Wildman–Crippen LogP) is 17.0. The van der Waals surface area contributed by atoms with Crippen molar-refractivity contribution in [2.75, 3.05) is 0 Å². The van der Waals surface area contributed by atoms with E-state index in [4.69, 9.17) is 9.97 Å². The molecule has 0 spiro atoms. The van der Waals surface area contributed by atoms with Gasteiger partial charge in [-0.05, 0) is 102 Å². The summed E-state index contributed by atoms with van der Waals surface area (Å²) in [4.78, 5) is 10.7. The van der Waals surface area contributed by atoms with Crippen molar-refractivity contribution < 1.29 is 0 Å². The van der Waals surface area contributed by atoms with Gasteiger partial charge in [0.15, 0.2) is 5.82 Å². The summed E-state index contributed by atoms with van der Waals surface area (Å²) in [6.45, 7) is 0. The van der Waals surface area contributed by atoms with Crippen LogP contribution < -0.4 is 0 Å². The molecule has 0 bridgehead atoms. The molecular weight excluding hydrogens is 811 g/mol. The highest BCUT2D eigenvalue weighted by Gasteiger charge is 2.19. The maximum absolute atomic E-state index is 5.39. The zero-order valence-electron chi connectivity index (χ0n) is 36.5. The number of nitrogens with zero attached hydrogens (tertiary/aromatic N) is 3. The highest BCUT2D eigenvalue weighted by Crippen LogP contribution is 2.42. The van der Waals surface area contributed by atoms with E-state index in [0.29, 0.717) is 5.82 Å². The van der Waals surface area contributed by atoms with Crippen LogP contribution in [0.2, 0.25) is 0 Å². The molecule has 0 aliphatic rings. The summed E-state index contributed by atoms with van der Waals surface area (Å²) in [6.07, 6.45) is 0. The molecule has 11 aromatic carbocycles. The highest BCUT2D eigenvalue weighted by atomic mass is 15.0. The predicted molar refractivity (Wildman–Crippen MR) is 282 cm³/mol. The molecule has 2 aromatic heterocycles. The van der Waals surface area contributed by atoms with Crippen LogP contribution in [-0.2, 0) is 0 Å². The van der Waals surface area contributed by atoms with Crippen molar-refractivity contribution in [3.63, 3.8) is 0 Å². The van der Waals surface area contributed by atoms with Gasteiger partial charge in [0.2, 0.25) is 0 Å². The van der Waals surface area contributed by atoms with Crippen LogP contribution in [0.5, 0.6) is 0 Å². The zero-order valence-corrected chi connectivity index (χ0v) is 36.5. The molecule has 3 nitrogen and oxygen atoms in total. The van der Waals surface area contributed by atoms with Crippen LogP contribution >= 0.6 is 0 Å². The van der Waals surface area contributed by atoms with Gasteiger partial charge in [-0.1, -0.05) is 212 Å². The fraction of sp³-hybridized carbons (Fsp3) is 0. The minimum Gasteiger partial charge on any atom is -0.309 e. The normalized spacial score (nSPS) is 11.6. The Kier molecular flexibility index (Phi) is 9.17. The van der Waals surface area contributed by atoms with Crippen LogP contribution in [0.15, 0.2) is 249 Å². The topological polar surface area (TPSA) is 30.7 Å². The van der Waals surface area contributed by atoms with Crippen molar-refractivity contribution in [1.29, 1.82) is 0 Å². The quantitative estimate of drug-likeness (QED) is 0.118. The lowest BCUT2D eigenvalue weighted by molar-refractivity contribution is 1.18. The van der Waals surface area contributed by atoms with Crippen molar-refractivity contribution >= 4 is 54.1 Å². The van der Waals surface area contributed by atoms with Gasteiger partial charge in [0.05, 0.1) is 22.4 Å². The minimum atomic E-state index is 0.678. The summed E-state index contributed by atoms with van der Waals surface area (Å²) in [5.74, 6) is 0.678. The first-order chi connectivity index (χ1) is 33.2. The number of aromatic nitrogens is 3. The fourth-order valence-corrected chi connectivity index (χ4v) is 10.2. The van der Waals surface area contributed by atoms with E-state index in [-0.39, 0.29) is 0 Å². The van der Waals surface area contributed by atoms with E-state index in [1.165, 1.54) is 65.3 Å². The van der Waals surface area contributed by atoms with Crippen LogP contribution in [0, 0.1) is 0 Å². The van der Waals surface area contributed by atoms with Crippen molar-refractivity contribution in [2.24, 2.45) is 0 Å². The third-order valence-electron chi connectivity index (χ3n) is 13.4. The molecular formula is C64H41N3. The number of hydrogen-bond acceptors (Lipinski definition) is 2. The average molecular weight is 852 g/mol. The highest BCUT2D eigenvalue weighted by molar-refractivity contribution is 6.20. The lowest BCUT2D eigenvalue weighted by Crippen LogP contribution is -1.97. The molecule has 0 saturated heterocycles. The minimum absolute atomic E-state index is 0.678. The average Bonchev–Trinajstić information content (AvgIpc) is 3.74. The summed E-state index contributed by atoms with van der Waals surface area (Å²) >= 11 is 0. The second kappa shape index (κ2) is 16.0. The van der Waals surface area contributed by atoms with Gasteiger partial charge < -0.3 is 4.57 Å². The Hall–Kier alpha value is -8.92. The molecule has 2 heterocycles. The number of para-hydroxylation sites is 2. The summed E-state index contributed by atoms with van der Waals surface area (Å²) in [7, 11) is 0. The smallest absolute Gasteiger partial charge is 0.160 e. The van der Waals surface area contributed by atoms with E-state index >= 15 is 0 Å². The number of rotatable bonds is 7. The van der Waals surface area contributed by atoms with E-state index in [1.807, 2.05) is 0 Å². The van der Waals surface area contributed by atoms with E-state index in [2.05, 4.69) is 253 Å². The third-order valence-corrected chi connectivity index (χ3v) is 13.4. The van der Waals surface area contributed by atoms with E-state index < -0.39 is 0 Å². The van der Waals surface area contributed by atoms with Gasteiger partial charge in [-0.2, -0.15) is 0 Å². The van der Waals surface area contributed by atoms with Crippen LogP contribution in [-0.4, -0.2) is 14.5 Å². The lowest BCUT2D eigenvalue weighted by Gasteiger charge is -2.15.